The Kier molecular flexibility index (Phi) is 4.49. The Hall–Kier alpha value is -2.81. The van der Waals surface area contributed by atoms with Gasteiger partial charge in [-0.2, -0.15) is 15.0 Å². The van der Waals surface area contributed by atoms with E-state index >= 15 is 0 Å². The summed E-state index contributed by atoms with van der Waals surface area (Å²) in [4.78, 5) is 8.56. The summed E-state index contributed by atoms with van der Waals surface area (Å²) in [6.45, 7) is 1.20. The van der Waals surface area contributed by atoms with Gasteiger partial charge >= 0.3 is 0 Å². The van der Waals surface area contributed by atoms with Crippen molar-refractivity contribution in [2.24, 2.45) is 0 Å². The monoisotopic (exact) mass is 349 g/mol. The number of rotatable bonds is 5. The molecule has 0 bridgehead atoms. The molecule has 1 N–H and O–H groups in total. The smallest absolute Gasteiger partial charge is 0.163 e. The molecule has 0 aliphatic carbocycles. The van der Waals surface area contributed by atoms with Gasteiger partial charge in [-0.15, -0.1) is 0 Å². The van der Waals surface area contributed by atoms with Crippen molar-refractivity contribution in [2.75, 3.05) is 0 Å². The van der Waals surface area contributed by atoms with Crippen molar-refractivity contribution in [3.05, 3.63) is 71.8 Å². The van der Waals surface area contributed by atoms with Crippen LogP contribution in [0.15, 0.2) is 43.1 Å². The second-order valence-electron chi connectivity index (χ2n) is 5.59. The van der Waals surface area contributed by atoms with E-state index in [1.54, 1.807) is 0 Å². The van der Waals surface area contributed by atoms with Gasteiger partial charge in [0, 0.05) is 17.5 Å². The van der Waals surface area contributed by atoms with Gasteiger partial charge in [0.25, 0.3) is 0 Å². The molecule has 0 amide bonds. The van der Waals surface area contributed by atoms with E-state index in [4.69, 9.17) is 0 Å². The van der Waals surface area contributed by atoms with Gasteiger partial charge in [-0.05, 0) is 6.07 Å². The van der Waals surface area contributed by atoms with Crippen LogP contribution in [-0.2, 0) is 12.1 Å². The third-order valence-electron chi connectivity index (χ3n) is 4.07. The maximum Gasteiger partial charge on any atom is 0.163 e. The summed E-state index contributed by atoms with van der Waals surface area (Å²) in [5.74, 6) is -3.50. The van der Waals surface area contributed by atoms with E-state index in [1.807, 2.05) is 0 Å². The fourth-order valence-corrected chi connectivity index (χ4v) is 2.70. The molecule has 9 heteroatoms. The summed E-state index contributed by atoms with van der Waals surface area (Å²) < 4.78 is 41.7. The van der Waals surface area contributed by atoms with E-state index in [9.17, 15) is 18.3 Å². The average Bonchev–Trinajstić information content (AvgIpc) is 3.07. The quantitative estimate of drug-likeness (QED) is 0.764. The van der Waals surface area contributed by atoms with Gasteiger partial charge in [0.2, 0.25) is 0 Å². The van der Waals surface area contributed by atoms with Crippen molar-refractivity contribution < 1.29 is 18.3 Å². The molecule has 0 spiro atoms. The van der Waals surface area contributed by atoms with Gasteiger partial charge in [-0.25, -0.2) is 23.1 Å². The molecule has 2 heterocycles. The summed E-state index contributed by atoms with van der Waals surface area (Å²) in [6.07, 6.45) is 4.85. The van der Waals surface area contributed by atoms with Crippen molar-refractivity contribution in [2.45, 2.75) is 25.0 Å². The lowest BCUT2D eigenvalue weighted by Gasteiger charge is -2.34. The molecular formula is C16H14F3N5O. The second kappa shape index (κ2) is 6.60. The molecule has 1 aromatic carbocycles. The number of aromatic nitrogens is 5. The van der Waals surface area contributed by atoms with E-state index in [1.165, 1.54) is 19.3 Å². The third-order valence-corrected chi connectivity index (χ3v) is 4.07. The molecule has 130 valence electrons. The Morgan fingerprint density at radius 3 is 2.52 bits per heavy atom. The molecule has 3 aromatic rings. The van der Waals surface area contributed by atoms with Crippen LogP contribution in [0.4, 0.5) is 13.2 Å². The van der Waals surface area contributed by atoms with Crippen LogP contribution in [0.25, 0.3) is 0 Å². The number of benzene rings is 1. The zero-order valence-electron chi connectivity index (χ0n) is 13.1. The highest BCUT2D eigenvalue weighted by atomic mass is 19.1. The Bertz CT molecular complexity index is 874. The van der Waals surface area contributed by atoms with Crippen LogP contribution < -0.4 is 0 Å². The first-order valence-electron chi connectivity index (χ1n) is 7.39. The third kappa shape index (κ3) is 3.22. The van der Waals surface area contributed by atoms with Crippen LogP contribution in [0.1, 0.15) is 24.1 Å². The molecule has 3 rings (SSSR count). The van der Waals surface area contributed by atoms with Crippen molar-refractivity contribution in [3.63, 3.8) is 0 Å². The topological polar surface area (TPSA) is 76.7 Å². The highest BCUT2D eigenvalue weighted by molar-refractivity contribution is 5.30. The van der Waals surface area contributed by atoms with Crippen LogP contribution in [0.5, 0.6) is 0 Å². The van der Waals surface area contributed by atoms with Crippen LogP contribution >= 0.6 is 0 Å². The minimum Gasteiger partial charge on any atom is -0.382 e. The molecule has 0 saturated carbocycles. The first-order chi connectivity index (χ1) is 11.9. The van der Waals surface area contributed by atoms with Crippen LogP contribution in [0.3, 0.4) is 0 Å². The lowest BCUT2D eigenvalue weighted by molar-refractivity contribution is -0.0168. The number of aliphatic hydroxyl groups is 1. The maximum atomic E-state index is 14.4. The molecule has 2 aromatic heterocycles. The molecule has 0 fully saturated rings. The SMILES string of the molecule is C[C@@H](c1ncncc1F)[C@](O)(Cn1nccn1)c1ccc(F)cc1F. The number of halogens is 3. The summed E-state index contributed by atoms with van der Waals surface area (Å²) >= 11 is 0. The predicted molar refractivity (Wildman–Crippen MR) is 80.7 cm³/mol. The van der Waals surface area contributed by atoms with Crippen LogP contribution in [-0.4, -0.2) is 30.1 Å². The highest BCUT2D eigenvalue weighted by Crippen LogP contribution is 2.39. The lowest BCUT2D eigenvalue weighted by Crippen LogP contribution is -2.39. The van der Waals surface area contributed by atoms with E-state index in [2.05, 4.69) is 20.2 Å². The van der Waals surface area contributed by atoms with Gasteiger partial charge in [-0.3, -0.25) is 0 Å². The van der Waals surface area contributed by atoms with E-state index in [-0.39, 0.29) is 17.8 Å². The normalized spacial score (nSPS) is 14.9. The summed E-state index contributed by atoms with van der Waals surface area (Å²) in [5, 5.41) is 19.1. The molecule has 2 atom stereocenters. The Morgan fingerprint density at radius 2 is 1.88 bits per heavy atom. The van der Waals surface area contributed by atoms with E-state index in [0.29, 0.717) is 6.07 Å². The van der Waals surface area contributed by atoms with Crippen LogP contribution in [0, 0.1) is 17.5 Å². The van der Waals surface area contributed by atoms with Crippen molar-refractivity contribution >= 4 is 0 Å². The molecule has 0 aliphatic heterocycles. The maximum absolute atomic E-state index is 14.4. The second-order valence-corrected chi connectivity index (χ2v) is 5.59. The molecule has 0 aliphatic rings. The lowest BCUT2D eigenvalue weighted by atomic mass is 9.79. The van der Waals surface area contributed by atoms with Crippen molar-refractivity contribution in [1.82, 2.24) is 25.0 Å². The molecule has 0 radical (unpaired) electrons. The van der Waals surface area contributed by atoms with Crippen molar-refractivity contribution in [3.8, 4) is 0 Å². The Morgan fingerprint density at radius 1 is 1.16 bits per heavy atom. The fourth-order valence-electron chi connectivity index (χ4n) is 2.70. The molecule has 25 heavy (non-hydrogen) atoms. The summed E-state index contributed by atoms with van der Waals surface area (Å²) in [5.41, 5.74) is -2.29. The van der Waals surface area contributed by atoms with Crippen LogP contribution in [0.2, 0.25) is 0 Å². The predicted octanol–water partition coefficient (Wildman–Crippen LogP) is 2.18. The first-order valence-corrected chi connectivity index (χ1v) is 7.39. The van der Waals surface area contributed by atoms with Gasteiger partial charge in [0.1, 0.15) is 23.6 Å². The van der Waals surface area contributed by atoms with E-state index < -0.39 is 29.0 Å². The van der Waals surface area contributed by atoms with E-state index in [0.717, 1.165) is 29.5 Å². The minimum absolute atomic E-state index is 0.103. The minimum atomic E-state index is -1.98. The Labute approximate surface area is 141 Å². The zero-order valence-corrected chi connectivity index (χ0v) is 13.1. The number of hydrogen-bond donors (Lipinski definition) is 1. The summed E-state index contributed by atoms with van der Waals surface area (Å²) in [6, 6.07) is 2.78. The van der Waals surface area contributed by atoms with Gasteiger partial charge in [0.15, 0.2) is 5.82 Å². The van der Waals surface area contributed by atoms with Gasteiger partial charge in [-0.1, -0.05) is 13.0 Å². The zero-order chi connectivity index (χ0) is 18.0. The highest BCUT2D eigenvalue weighted by Gasteiger charge is 2.42. The Balaban J connectivity index is 2.13. The molecule has 0 saturated heterocycles. The number of hydrogen-bond acceptors (Lipinski definition) is 5. The standard InChI is InChI=1S/C16H14F3N5O/c1-10(15-14(19)7-20-9-21-15)16(25,8-24-22-4-5-23-24)12-3-2-11(17)6-13(12)18/h2-7,9-10,25H,8H2,1H3/t10-,16+/m0/s1. The average molecular weight is 349 g/mol. The van der Waals surface area contributed by atoms with Crippen molar-refractivity contribution in [1.29, 1.82) is 0 Å². The summed E-state index contributed by atoms with van der Waals surface area (Å²) in [7, 11) is 0. The van der Waals surface area contributed by atoms with Gasteiger partial charge in [0.05, 0.1) is 30.8 Å². The molecule has 6 nitrogen and oxygen atoms in total. The van der Waals surface area contributed by atoms with Gasteiger partial charge < -0.3 is 5.11 Å². The first kappa shape index (κ1) is 17.0. The molecular weight excluding hydrogens is 335 g/mol. The fraction of sp³-hybridized carbons (Fsp3) is 0.250. The largest absolute Gasteiger partial charge is 0.382 e. The number of nitrogens with zero attached hydrogens (tertiary/aromatic N) is 5. The molecule has 0 unspecified atom stereocenters.